The van der Waals surface area contributed by atoms with Crippen LogP contribution in [-0.4, -0.2) is 59.5 Å². The molecule has 170 valence electrons. The third kappa shape index (κ3) is 4.33. The molecule has 0 radical (unpaired) electrons. The zero-order chi connectivity index (χ0) is 22.8. The molecule has 1 fully saturated rings. The second-order valence-electron chi connectivity index (χ2n) is 8.37. The van der Waals surface area contributed by atoms with Gasteiger partial charge in [0.05, 0.1) is 23.6 Å². The van der Waals surface area contributed by atoms with E-state index < -0.39 is 0 Å². The minimum atomic E-state index is -0.249. The lowest BCUT2D eigenvalue weighted by Crippen LogP contribution is -2.47. The summed E-state index contributed by atoms with van der Waals surface area (Å²) in [5.41, 5.74) is 1.32. The summed E-state index contributed by atoms with van der Waals surface area (Å²) >= 11 is 0. The molecule has 0 aliphatic carbocycles. The van der Waals surface area contributed by atoms with E-state index in [4.69, 9.17) is 14.2 Å². The van der Waals surface area contributed by atoms with Crippen LogP contribution in [0.1, 0.15) is 29.6 Å². The van der Waals surface area contributed by atoms with Crippen molar-refractivity contribution in [1.29, 1.82) is 0 Å². The molecule has 0 saturated carbocycles. The fourth-order valence-electron chi connectivity index (χ4n) is 4.57. The number of hydrogen-bond acceptors (Lipinski definition) is 7. The number of carbonyl (C=O) groups is 2. The average Bonchev–Trinajstić information content (AvgIpc) is 2.87. The Hall–Kier alpha value is -3.68. The van der Waals surface area contributed by atoms with Gasteiger partial charge in [-0.1, -0.05) is 12.1 Å². The number of rotatable bonds is 5. The molecule has 8 heteroatoms. The van der Waals surface area contributed by atoms with Gasteiger partial charge in [-0.15, -0.1) is 0 Å². The van der Waals surface area contributed by atoms with Gasteiger partial charge in [0.15, 0.2) is 12.4 Å². The van der Waals surface area contributed by atoms with Gasteiger partial charge in [0, 0.05) is 25.4 Å². The van der Waals surface area contributed by atoms with E-state index >= 15 is 0 Å². The van der Waals surface area contributed by atoms with Crippen LogP contribution in [0.5, 0.6) is 17.4 Å². The highest BCUT2D eigenvalue weighted by molar-refractivity contribution is 6.00. The SMILES string of the molecule is COc1ccc2c(c1)C(=O)C[C@@H]([C@@H]1CCCN(C(=O)COc3ncnc4ccccc34)C1)O2. The normalized spacial score (nSPS) is 20.2. The molecule has 2 aliphatic rings. The summed E-state index contributed by atoms with van der Waals surface area (Å²) in [6, 6.07) is 12.8. The number of Topliss-reactive ketones (excluding diaryl/α,β-unsaturated/α-hetero) is 1. The van der Waals surface area contributed by atoms with E-state index in [9.17, 15) is 9.59 Å². The van der Waals surface area contributed by atoms with Crippen molar-refractivity contribution in [2.24, 2.45) is 5.92 Å². The molecule has 3 heterocycles. The number of benzene rings is 2. The first kappa shape index (κ1) is 21.2. The Kier molecular flexibility index (Phi) is 5.81. The quantitative estimate of drug-likeness (QED) is 0.593. The standard InChI is InChI=1S/C25H25N3O5/c1-31-17-8-9-22-19(11-17)21(29)12-23(33-22)16-5-4-10-28(13-16)24(30)14-32-25-18-6-2-3-7-20(18)26-15-27-25/h2-3,6-9,11,15-16,23H,4-5,10,12-14H2,1H3/t16-,23+/m1/s1. The van der Waals surface area contributed by atoms with Crippen molar-refractivity contribution in [3.05, 3.63) is 54.4 Å². The van der Waals surface area contributed by atoms with E-state index in [-0.39, 0.29) is 30.3 Å². The van der Waals surface area contributed by atoms with Crippen molar-refractivity contribution in [2.45, 2.75) is 25.4 Å². The number of likely N-dealkylation sites (tertiary alicyclic amines) is 1. The molecule has 1 aromatic heterocycles. The maximum Gasteiger partial charge on any atom is 0.260 e. The predicted octanol–water partition coefficient (Wildman–Crippen LogP) is 3.29. The second kappa shape index (κ2) is 9.05. The molecule has 8 nitrogen and oxygen atoms in total. The largest absolute Gasteiger partial charge is 0.497 e. The van der Waals surface area contributed by atoms with Crippen LogP contribution in [-0.2, 0) is 4.79 Å². The Bertz CT molecular complexity index is 1190. The van der Waals surface area contributed by atoms with Crippen LogP contribution in [0.15, 0.2) is 48.8 Å². The van der Waals surface area contributed by atoms with Gasteiger partial charge in [-0.05, 0) is 43.2 Å². The van der Waals surface area contributed by atoms with Crippen LogP contribution in [0.4, 0.5) is 0 Å². The molecule has 0 spiro atoms. The molecule has 2 aromatic carbocycles. The lowest BCUT2D eigenvalue weighted by molar-refractivity contribution is -0.136. The lowest BCUT2D eigenvalue weighted by atomic mass is 9.87. The monoisotopic (exact) mass is 447 g/mol. The summed E-state index contributed by atoms with van der Waals surface area (Å²) in [5, 5.41) is 0.772. The van der Waals surface area contributed by atoms with Gasteiger partial charge < -0.3 is 19.1 Å². The van der Waals surface area contributed by atoms with Crippen molar-refractivity contribution in [2.75, 3.05) is 26.8 Å². The third-order valence-electron chi connectivity index (χ3n) is 6.33. The number of amides is 1. The maximum absolute atomic E-state index is 12.9. The van der Waals surface area contributed by atoms with E-state index in [1.807, 2.05) is 24.3 Å². The highest BCUT2D eigenvalue weighted by atomic mass is 16.5. The highest BCUT2D eigenvalue weighted by Gasteiger charge is 2.36. The number of para-hydroxylation sites is 1. The Morgan fingerprint density at radius 3 is 2.97 bits per heavy atom. The van der Waals surface area contributed by atoms with E-state index in [0.717, 1.165) is 23.7 Å². The van der Waals surface area contributed by atoms with Gasteiger partial charge in [0.2, 0.25) is 5.88 Å². The van der Waals surface area contributed by atoms with Gasteiger partial charge in [-0.3, -0.25) is 9.59 Å². The molecule has 0 N–H and O–H groups in total. The summed E-state index contributed by atoms with van der Waals surface area (Å²) in [6.07, 6.45) is 3.25. The number of piperidine rings is 1. The fourth-order valence-corrected chi connectivity index (χ4v) is 4.57. The molecule has 1 amide bonds. The van der Waals surface area contributed by atoms with Crippen LogP contribution in [0, 0.1) is 5.92 Å². The first-order valence-corrected chi connectivity index (χ1v) is 11.1. The van der Waals surface area contributed by atoms with Crippen LogP contribution in [0.3, 0.4) is 0 Å². The van der Waals surface area contributed by atoms with Crippen molar-refractivity contribution < 1.29 is 23.8 Å². The fraction of sp³-hybridized carbons (Fsp3) is 0.360. The number of aromatic nitrogens is 2. The van der Waals surface area contributed by atoms with Gasteiger partial charge in [0.25, 0.3) is 5.91 Å². The van der Waals surface area contributed by atoms with Crippen molar-refractivity contribution in [1.82, 2.24) is 14.9 Å². The van der Waals surface area contributed by atoms with Crippen LogP contribution in [0.2, 0.25) is 0 Å². The Balaban J connectivity index is 1.23. The predicted molar refractivity (Wildman–Crippen MR) is 121 cm³/mol. The Labute approximate surface area is 191 Å². The Morgan fingerprint density at radius 1 is 1.21 bits per heavy atom. The van der Waals surface area contributed by atoms with E-state index in [1.54, 1.807) is 30.2 Å². The number of ether oxygens (including phenoxy) is 3. The molecule has 2 atom stereocenters. The van der Waals surface area contributed by atoms with E-state index in [2.05, 4.69) is 9.97 Å². The van der Waals surface area contributed by atoms with Crippen molar-refractivity contribution >= 4 is 22.6 Å². The topological polar surface area (TPSA) is 90.9 Å². The zero-order valence-corrected chi connectivity index (χ0v) is 18.4. The molecule has 3 aromatic rings. The third-order valence-corrected chi connectivity index (χ3v) is 6.33. The first-order valence-electron chi connectivity index (χ1n) is 11.1. The minimum absolute atomic E-state index is 0.0440. The Morgan fingerprint density at radius 2 is 2.09 bits per heavy atom. The van der Waals surface area contributed by atoms with Crippen LogP contribution >= 0.6 is 0 Å². The van der Waals surface area contributed by atoms with Gasteiger partial charge in [-0.2, -0.15) is 0 Å². The lowest BCUT2D eigenvalue weighted by Gasteiger charge is -2.38. The number of methoxy groups -OCH3 is 1. The van der Waals surface area contributed by atoms with Gasteiger partial charge in [-0.25, -0.2) is 9.97 Å². The molecular weight excluding hydrogens is 422 g/mol. The van der Waals surface area contributed by atoms with Crippen molar-refractivity contribution in [3.8, 4) is 17.4 Å². The first-order chi connectivity index (χ1) is 16.1. The van der Waals surface area contributed by atoms with E-state index in [1.165, 1.54) is 6.33 Å². The number of ketones is 1. The number of fused-ring (bicyclic) bond motifs is 2. The van der Waals surface area contributed by atoms with Crippen LogP contribution in [0.25, 0.3) is 10.9 Å². The van der Waals surface area contributed by atoms with Gasteiger partial charge in [0.1, 0.15) is 23.9 Å². The zero-order valence-electron chi connectivity index (χ0n) is 18.4. The van der Waals surface area contributed by atoms with E-state index in [0.29, 0.717) is 42.5 Å². The maximum atomic E-state index is 12.9. The number of hydrogen-bond donors (Lipinski definition) is 0. The average molecular weight is 447 g/mol. The second-order valence-corrected chi connectivity index (χ2v) is 8.37. The number of nitrogens with zero attached hydrogens (tertiary/aromatic N) is 3. The smallest absolute Gasteiger partial charge is 0.260 e. The summed E-state index contributed by atoms with van der Waals surface area (Å²) in [4.78, 5) is 35.8. The minimum Gasteiger partial charge on any atom is -0.497 e. The van der Waals surface area contributed by atoms with Gasteiger partial charge >= 0.3 is 0 Å². The molecule has 5 rings (SSSR count). The molecule has 33 heavy (non-hydrogen) atoms. The summed E-state index contributed by atoms with van der Waals surface area (Å²) in [6.45, 7) is 1.11. The summed E-state index contributed by atoms with van der Waals surface area (Å²) in [7, 11) is 1.57. The van der Waals surface area contributed by atoms with Crippen molar-refractivity contribution in [3.63, 3.8) is 0 Å². The molecule has 2 aliphatic heterocycles. The molecule has 1 saturated heterocycles. The molecular formula is C25H25N3O5. The molecule has 0 bridgehead atoms. The number of carbonyl (C=O) groups excluding carboxylic acids is 2. The van der Waals surface area contributed by atoms with Crippen LogP contribution < -0.4 is 14.2 Å². The molecule has 0 unspecified atom stereocenters. The highest BCUT2D eigenvalue weighted by Crippen LogP contribution is 2.35. The summed E-state index contributed by atoms with van der Waals surface area (Å²) < 4.78 is 17.2. The summed E-state index contributed by atoms with van der Waals surface area (Å²) in [5.74, 6) is 1.64.